The third kappa shape index (κ3) is 8.74. The van der Waals surface area contributed by atoms with Gasteiger partial charge in [-0.15, -0.1) is 0 Å². The molecule has 1 aliphatic rings. The molecule has 2 N–H and O–H groups in total. The molecule has 0 saturated carbocycles. The summed E-state index contributed by atoms with van der Waals surface area (Å²) in [6.45, 7) is 6.01. The van der Waals surface area contributed by atoms with Gasteiger partial charge in [-0.05, 0) is 44.9 Å². The van der Waals surface area contributed by atoms with Crippen LogP contribution in [0.25, 0.3) is 0 Å². The maximum atomic E-state index is 14.5. The molecule has 1 aromatic heterocycles. The first-order chi connectivity index (χ1) is 16.5. The molecule has 0 spiro atoms. The Morgan fingerprint density at radius 2 is 1.89 bits per heavy atom. The van der Waals surface area contributed by atoms with Crippen LogP contribution in [-0.4, -0.2) is 62.7 Å². The number of hydrogen-bond donors (Lipinski definition) is 2. The normalized spacial score (nSPS) is 14.8. The number of phosphoric acid groups is 1. The fraction of sp³-hybridized carbons (Fsp3) is 0.500. The molecule has 1 saturated heterocycles. The molecule has 1 fully saturated rings. The quantitative estimate of drug-likeness (QED) is 0.476. The molecule has 3 rings (SSSR count). The second kappa shape index (κ2) is 11.8. The number of piperidine rings is 1. The SMILES string of the molecule is Cc1nc(Oc2ccc(CCOP(=O)(O)O)cc2F)cc(OC2CCN(C(=O)OC(C)C)CC2)n1. The lowest BCUT2D eigenvalue weighted by molar-refractivity contribution is 0.0506. The van der Waals surface area contributed by atoms with Crippen LogP contribution in [0.4, 0.5) is 9.18 Å². The first kappa shape index (κ1) is 26.8. The van der Waals surface area contributed by atoms with Crippen LogP contribution in [0.2, 0.25) is 0 Å². The van der Waals surface area contributed by atoms with Crippen LogP contribution in [0.5, 0.6) is 17.5 Å². The number of phosphoric ester groups is 1. The van der Waals surface area contributed by atoms with E-state index in [1.165, 1.54) is 18.2 Å². The molecule has 0 unspecified atom stereocenters. The number of benzene rings is 1. The minimum atomic E-state index is -4.57. The standard InChI is InChI=1S/C22H29FN3O8P/c1-14(2)32-22(27)26-9-6-17(7-10-26)33-20-13-21(25-15(3)24-20)34-19-5-4-16(12-18(19)23)8-11-31-35(28,29)30/h4-5,12-14,17H,6-11H2,1-3H3,(H2,28,29,30). The van der Waals surface area contributed by atoms with Gasteiger partial charge in [0.15, 0.2) is 11.6 Å². The summed E-state index contributed by atoms with van der Waals surface area (Å²) in [4.78, 5) is 39.6. The fourth-order valence-corrected chi connectivity index (χ4v) is 3.74. The van der Waals surface area contributed by atoms with Crippen LogP contribution in [0.1, 0.15) is 38.1 Å². The van der Waals surface area contributed by atoms with Crippen molar-refractivity contribution in [1.82, 2.24) is 14.9 Å². The van der Waals surface area contributed by atoms with Crippen LogP contribution in [-0.2, 0) is 20.2 Å². The Balaban J connectivity index is 1.58. The van der Waals surface area contributed by atoms with Gasteiger partial charge in [0.2, 0.25) is 11.8 Å². The lowest BCUT2D eigenvalue weighted by atomic mass is 10.1. The molecule has 0 aliphatic carbocycles. The van der Waals surface area contributed by atoms with Crippen LogP contribution in [0, 0.1) is 12.7 Å². The molecule has 0 radical (unpaired) electrons. The van der Waals surface area contributed by atoms with Gasteiger partial charge in [-0.1, -0.05) is 6.07 Å². The Labute approximate surface area is 202 Å². The molecule has 2 heterocycles. The van der Waals surface area contributed by atoms with E-state index in [0.717, 1.165) is 0 Å². The first-order valence-corrected chi connectivity index (χ1v) is 12.7. The van der Waals surface area contributed by atoms with E-state index in [2.05, 4.69) is 14.5 Å². The molecular weight excluding hydrogens is 484 g/mol. The Morgan fingerprint density at radius 3 is 2.51 bits per heavy atom. The number of halogens is 1. The zero-order valence-corrected chi connectivity index (χ0v) is 20.6. The number of amides is 1. The van der Waals surface area contributed by atoms with Crippen molar-refractivity contribution in [1.29, 1.82) is 0 Å². The number of likely N-dealkylation sites (tertiary alicyclic amines) is 1. The van der Waals surface area contributed by atoms with Crippen LogP contribution < -0.4 is 9.47 Å². The highest BCUT2D eigenvalue weighted by Gasteiger charge is 2.26. The minimum absolute atomic E-state index is 0.0781. The lowest BCUT2D eigenvalue weighted by Gasteiger charge is -2.31. The summed E-state index contributed by atoms with van der Waals surface area (Å²) >= 11 is 0. The largest absolute Gasteiger partial charge is 0.474 e. The summed E-state index contributed by atoms with van der Waals surface area (Å²) in [5.74, 6) is 0.00931. The van der Waals surface area contributed by atoms with Crippen molar-refractivity contribution >= 4 is 13.9 Å². The molecule has 1 amide bonds. The van der Waals surface area contributed by atoms with Crippen LogP contribution in [0.3, 0.4) is 0 Å². The zero-order valence-electron chi connectivity index (χ0n) is 19.7. The van der Waals surface area contributed by atoms with E-state index in [9.17, 15) is 13.8 Å². The number of aromatic nitrogens is 2. The second-order valence-corrected chi connectivity index (χ2v) is 9.51. The van der Waals surface area contributed by atoms with Crippen molar-refractivity contribution in [3.8, 4) is 17.5 Å². The van der Waals surface area contributed by atoms with E-state index in [-0.39, 0.29) is 48.8 Å². The number of ether oxygens (including phenoxy) is 3. The van der Waals surface area contributed by atoms with Gasteiger partial charge in [-0.3, -0.25) is 4.52 Å². The van der Waals surface area contributed by atoms with Crippen molar-refractivity contribution in [3.05, 3.63) is 41.5 Å². The highest BCUT2D eigenvalue weighted by atomic mass is 31.2. The summed E-state index contributed by atoms with van der Waals surface area (Å²) in [6, 6.07) is 5.62. The molecule has 1 aromatic carbocycles. The zero-order chi connectivity index (χ0) is 25.6. The molecule has 35 heavy (non-hydrogen) atoms. The van der Waals surface area contributed by atoms with Crippen LogP contribution in [0.15, 0.2) is 24.3 Å². The van der Waals surface area contributed by atoms with Gasteiger partial charge in [0, 0.05) is 25.9 Å². The Morgan fingerprint density at radius 1 is 1.20 bits per heavy atom. The fourth-order valence-electron chi connectivity index (χ4n) is 3.41. The average Bonchev–Trinajstić information content (AvgIpc) is 2.74. The third-order valence-corrected chi connectivity index (χ3v) is 5.49. The van der Waals surface area contributed by atoms with E-state index in [4.69, 9.17) is 24.0 Å². The molecule has 1 aliphatic heterocycles. The van der Waals surface area contributed by atoms with E-state index in [1.54, 1.807) is 31.7 Å². The lowest BCUT2D eigenvalue weighted by Crippen LogP contribution is -2.42. The highest BCUT2D eigenvalue weighted by molar-refractivity contribution is 7.46. The average molecular weight is 513 g/mol. The smallest absolute Gasteiger partial charge is 0.469 e. The van der Waals surface area contributed by atoms with Crippen molar-refractivity contribution in [2.75, 3.05) is 19.7 Å². The number of rotatable bonds is 9. The number of hydrogen-bond acceptors (Lipinski definition) is 8. The van der Waals surface area contributed by atoms with Gasteiger partial charge in [0.05, 0.1) is 18.8 Å². The second-order valence-electron chi connectivity index (χ2n) is 8.27. The van der Waals surface area contributed by atoms with E-state index in [0.29, 0.717) is 37.3 Å². The molecule has 2 aromatic rings. The molecule has 192 valence electrons. The van der Waals surface area contributed by atoms with E-state index >= 15 is 0 Å². The van der Waals surface area contributed by atoms with E-state index in [1.807, 2.05) is 0 Å². The van der Waals surface area contributed by atoms with Crippen molar-refractivity contribution in [3.63, 3.8) is 0 Å². The van der Waals surface area contributed by atoms with Gasteiger partial charge in [-0.25, -0.2) is 13.8 Å². The first-order valence-electron chi connectivity index (χ1n) is 11.1. The number of aryl methyl sites for hydroxylation is 1. The summed E-state index contributed by atoms with van der Waals surface area (Å²) in [5.41, 5.74) is 0.481. The maximum absolute atomic E-state index is 14.5. The van der Waals surface area contributed by atoms with Crippen LogP contribution >= 0.6 is 7.82 Å². The molecule has 0 atom stereocenters. The van der Waals surface area contributed by atoms with Gasteiger partial charge < -0.3 is 28.9 Å². The summed E-state index contributed by atoms with van der Waals surface area (Å²) < 4.78 is 46.4. The molecule has 11 nitrogen and oxygen atoms in total. The summed E-state index contributed by atoms with van der Waals surface area (Å²) in [5, 5.41) is 0. The maximum Gasteiger partial charge on any atom is 0.469 e. The van der Waals surface area contributed by atoms with Crippen molar-refractivity contribution in [2.45, 2.75) is 52.2 Å². The molecule has 13 heteroatoms. The summed E-state index contributed by atoms with van der Waals surface area (Å²) in [6.07, 6.45) is 0.645. The Hall–Kier alpha value is -2.79. The third-order valence-electron chi connectivity index (χ3n) is 4.98. The highest BCUT2D eigenvalue weighted by Crippen LogP contribution is 2.35. The predicted octanol–water partition coefficient (Wildman–Crippen LogP) is 3.76. The molecule has 0 bridgehead atoms. The Kier molecular flexibility index (Phi) is 9.01. The van der Waals surface area contributed by atoms with Gasteiger partial charge >= 0.3 is 13.9 Å². The van der Waals surface area contributed by atoms with Gasteiger partial charge in [0.1, 0.15) is 11.9 Å². The monoisotopic (exact) mass is 513 g/mol. The minimum Gasteiger partial charge on any atom is -0.474 e. The summed E-state index contributed by atoms with van der Waals surface area (Å²) in [7, 11) is -4.57. The van der Waals surface area contributed by atoms with Gasteiger partial charge in [-0.2, -0.15) is 9.97 Å². The van der Waals surface area contributed by atoms with Crippen molar-refractivity contribution < 1.29 is 42.3 Å². The predicted molar refractivity (Wildman–Crippen MR) is 122 cm³/mol. The number of nitrogens with zero attached hydrogens (tertiary/aromatic N) is 3. The van der Waals surface area contributed by atoms with Crippen molar-refractivity contribution in [2.24, 2.45) is 0 Å². The van der Waals surface area contributed by atoms with Gasteiger partial charge in [0.25, 0.3) is 0 Å². The topological polar surface area (TPSA) is 141 Å². The molecular formula is C22H29FN3O8P. The number of carbonyl (C=O) groups is 1. The Bertz CT molecular complexity index is 1070. The number of carbonyl (C=O) groups excluding carboxylic acids is 1. The van der Waals surface area contributed by atoms with E-state index < -0.39 is 13.6 Å².